The lowest BCUT2D eigenvalue weighted by Crippen LogP contribution is -2.35. The van der Waals surface area contributed by atoms with Crippen LogP contribution in [0.4, 0.5) is 5.69 Å². The Kier molecular flexibility index (Phi) is 5.37. The van der Waals surface area contributed by atoms with Crippen LogP contribution in [-0.4, -0.2) is 22.8 Å². The molecule has 0 saturated carbocycles. The van der Waals surface area contributed by atoms with Crippen molar-refractivity contribution in [2.75, 3.05) is 5.88 Å². The molecule has 1 amide bonds. The van der Waals surface area contributed by atoms with Gasteiger partial charge in [-0.25, -0.2) is 0 Å². The Morgan fingerprint density at radius 2 is 2.22 bits per heavy atom. The lowest BCUT2D eigenvalue weighted by molar-refractivity contribution is -0.385. The highest BCUT2D eigenvalue weighted by atomic mass is 35.5. The van der Waals surface area contributed by atoms with Crippen molar-refractivity contribution in [3.05, 3.63) is 38.9 Å². The van der Waals surface area contributed by atoms with Gasteiger partial charge < -0.3 is 5.32 Å². The van der Waals surface area contributed by atoms with Crippen LogP contribution in [0.5, 0.6) is 0 Å². The third-order valence-electron chi connectivity index (χ3n) is 2.41. The maximum absolute atomic E-state index is 11.9. The second-order valence-electron chi connectivity index (χ2n) is 3.65. The highest BCUT2D eigenvalue weighted by Crippen LogP contribution is 2.22. The monoisotopic (exact) mass is 290 g/mol. The van der Waals surface area contributed by atoms with E-state index < -0.39 is 10.8 Å². The summed E-state index contributed by atoms with van der Waals surface area (Å²) in [7, 11) is 0. The van der Waals surface area contributed by atoms with Crippen molar-refractivity contribution in [2.45, 2.75) is 19.4 Å². The molecule has 0 radical (unpaired) electrons. The van der Waals surface area contributed by atoms with E-state index in [0.29, 0.717) is 6.42 Å². The maximum atomic E-state index is 11.9. The van der Waals surface area contributed by atoms with Gasteiger partial charge in [-0.2, -0.15) is 0 Å². The number of hydrogen-bond acceptors (Lipinski definition) is 3. The molecular weight excluding hydrogens is 279 g/mol. The summed E-state index contributed by atoms with van der Waals surface area (Å²) in [6, 6.07) is 3.63. The molecule has 1 unspecified atom stereocenters. The van der Waals surface area contributed by atoms with E-state index in [1.165, 1.54) is 18.2 Å². The zero-order valence-corrected chi connectivity index (χ0v) is 11.2. The Labute approximate surface area is 114 Å². The summed E-state index contributed by atoms with van der Waals surface area (Å²) in [5.41, 5.74) is -0.336. The first-order valence-corrected chi connectivity index (χ1v) is 6.21. The maximum Gasteiger partial charge on any atom is 0.282 e. The number of carbonyl (C=O) groups is 1. The van der Waals surface area contributed by atoms with E-state index in [2.05, 4.69) is 5.32 Å². The molecule has 0 spiro atoms. The summed E-state index contributed by atoms with van der Waals surface area (Å²) in [6.45, 7) is 1.86. The molecule has 1 rings (SSSR count). The van der Waals surface area contributed by atoms with Crippen molar-refractivity contribution in [1.29, 1.82) is 0 Å². The molecule has 0 aliphatic carbocycles. The zero-order chi connectivity index (χ0) is 13.7. The largest absolute Gasteiger partial charge is 0.348 e. The smallest absolute Gasteiger partial charge is 0.282 e. The molecule has 1 N–H and O–H groups in total. The Bertz CT molecular complexity index is 462. The van der Waals surface area contributed by atoms with Crippen LogP contribution in [-0.2, 0) is 0 Å². The Morgan fingerprint density at radius 1 is 1.56 bits per heavy atom. The van der Waals surface area contributed by atoms with Crippen molar-refractivity contribution < 1.29 is 9.72 Å². The molecule has 0 saturated heterocycles. The van der Waals surface area contributed by atoms with Crippen LogP contribution in [0, 0.1) is 10.1 Å². The molecule has 7 heteroatoms. The second-order valence-corrected chi connectivity index (χ2v) is 4.40. The average molecular weight is 291 g/mol. The minimum atomic E-state index is -0.618. The van der Waals surface area contributed by atoms with Crippen molar-refractivity contribution in [1.82, 2.24) is 5.32 Å². The van der Waals surface area contributed by atoms with Crippen LogP contribution in [0.3, 0.4) is 0 Å². The Balaban J connectivity index is 3.03. The van der Waals surface area contributed by atoms with Crippen molar-refractivity contribution in [2.24, 2.45) is 0 Å². The van der Waals surface area contributed by atoms with E-state index in [1.54, 1.807) is 0 Å². The predicted octanol–water partition coefficient (Wildman–Crippen LogP) is 3.00. The van der Waals surface area contributed by atoms with Gasteiger partial charge in [0.2, 0.25) is 0 Å². The van der Waals surface area contributed by atoms with Crippen molar-refractivity contribution in [3.8, 4) is 0 Å². The first-order chi connectivity index (χ1) is 8.49. The fourth-order valence-corrected chi connectivity index (χ4v) is 1.83. The van der Waals surface area contributed by atoms with Gasteiger partial charge in [0.1, 0.15) is 5.56 Å². The van der Waals surface area contributed by atoms with Gasteiger partial charge >= 0.3 is 0 Å². The molecule has 1 aromatic carbocycles. The normalized spacial score (nSPS) is 11.9. The molecule has 1 atom stereocenters. The lowest BCUT2D eigenvalue weighted by Gasteiger charge is -2.13. The predicted molar refractivity (Wildman–Crippen MR) is 70.4 cm³/mol. The molecule has 18 heavy (non-hydrogen) atoms. The van der Waals surface area contributed by atoms with Crippen LogP contribution >= 0.6 is 23.2 Å². The van der Waals surface area contributed by atoms with Gasteiger partial charge in [0, 0.05) is 23.0 Å². The fourth-order valence-electron chi connectivity index (χ4n) is 1.36. The zero-order valence-electron chi connectivity index (χ0n) is 9.65. The molecule has 98 valence electrons. The minimum Gasteiger partial charge on any atom is -0.348 e. The number of carbonyl (C=O) groups excluding carboxylic acids is 1. The molecule has 1 aromatic rings. The van der Waals surface area contributed by atoms with Crippen LogP contribution in [0.1, 0.15) is 23.7 Å². The summed E-state index contributed by atoms with van der Waals surface area (Å²) in [4.78, 5) is 22.1. The van der Waals surface area contributed by atoms with Gasteiger partial charge in [-0.1, -0.05) is 18.5 Å². The first kappa shape index (κ1) is 14.7. The quantitative estimate of drug-likeness (QED) is 0.515. The fraction of sp³-hybridized carbons (Fsp3) is 0.364. The first-order valence-electron chi connectivity index (χ1n) is 5.30. The van der Waals surface area contributed by atoms with E-state index in [1.807, 2.05) is 6.92 Å². The van der Waals surface area contributed by atoms with Crippen LogP contribution in [0.2, 0.25) is 5.02 Å². The summed E-state index contributed by atoms with van der Waals surface area (Å²) < 4.78 is 0. The number of benzene rings is 1. The number of alkyl halides is 1. The van der Waals surface area contributed by atoms with E-state index in [-0.39, 0.29) is 28.2 Å². The molecule has 0 aromatic heterocycles. The number of nitrogens with zero attached hydrogens (tertiary/aromatic N) is 1. The topological polar surface area (TPSA) is 72.2 Å². The Morgan fingerprint density at radius 3 is 2.72 bits per heavy atom. The van der Waals surface area contributed by atoms with E-state index in [0.717, 1.165) is 0 Å². The van der Waals surface area contributed by atoms with Crippen molar-refractivity contribution >= 4 is 34.8 Å². The summed E-state index contributed by atoms with van der Waals surface area (Å²) >= 11 is 11.4. The van der Waals surface area contributed by atoms with E-state index >= 15 is 0 Å². The van der Waals surface area contributed by atoms with Crippen LogP contribution in [0.25, 0.3) is 0 Å². The number of nitro benzene ring substituents is 1. The van der Waals surface area contributed by atoms with E-state index in [4.69, 9.17) is 23.2 Å². The van der Waals surface area contributed by atoms with Crippen molar-refractivity contribution in [3.63, 3.8) is 0 Å². The minimum absolute atomic E-state index is 0.0592. The lowest BCUT2D eigenvalue weighted by atomic mass is 10.1. The SMILES string of the molecule is CCC(CCl)NC(=O)c1cc(Cl)ccc1[N+](=O)[O-]. The number of rotatable bonds is 5. The van der Waals surface area contributed by atoms with Gasteiger partial charge in [0.15, 0.2) is 0 Å². The molecule has 0 aliphatic rings. The highest BCUT2D eigenvalue weighted by molar-refractivity contribution is 6.31. The molecule has 5 nitrogen and oxygen atoms in total. The van der Waals surface area contributed by atoms with Crippen LogP contribution < -0.4 is 5.32 Å². The molecular formula is C11H12Cl2N2O3. The number of amides is 1. The standard InChI is InChI=1S/C11H12Cl2N2O3/c1-2-8(6-12)14-11(16)9-5-7(13)3-4-10(9)15(17)18/h3-5,8H,2,6H2,1H3,(H,14,16). The van der Waals surface area contributed by atoms with Crippen LogP contribution in [0.15, 0.2) is 18.2 Å². The third kappa shape index (κ3) is 3.58. The summed E-state index contributed by atoms with van der Waals surface area (Å²) in [6.07, 6.45) is 0.642. The number of hydrogen-bond donors (Lipinski definition) is 1. The third-order valence-corrected chi connectivity index (χ3v) is 3.02. The summed E-state index contributed by atoms with van der Waals surface area (Å²) in [5.74, 6) is -0.298. The van der Waals surface area contributed by atoms with Gasteiger partial charge in [-0.3, -0.25) is 14.9 Å². The number of nitrogens with one attached hydrogen (secondary N) is 1. The highest BCUT2D eigenvalue weighted by Gasteiger charge is 2.21. The van der Waals surface area contributed by atoms with Gasteiger partial charge in [0.05, 0.1) is 4.92 Å². The number of halogens is 2. The second kappa shape index (κ2) is 6.56. The average Bonchev–Trinajstić information content (AvgIpc) is 2.35. The van der Waals surface area contributed by atoms with E-state index in [9.17, 15) is 14.9 Å². The molecule has 0 aliphatic heterocycles. The molecule has 0 bridgehead atoms. The van der Waals surface area contributed by atoms with Gasteiger partial charge in [-0.05, 0) is 18.6 Å². The van der Waals surface area contributed by atoms with Gasteiger partial charge in [-0.15, -0.1) is 11.6 Å². The Hall–Kier alpha value is -1.33. The number of nitro groups is 1. The van der Waals surface area contributed by atoms with Gasteiger partial charge in [0.25, 0.3) is 11.6 Å². The summed E-state index contributed by atoms with van der Waals surface area (Å²) in [5, 5.41) is 13.7. The molecule has 0 fully saturated rings. The molecule has 0 heterocycles.